The van der Waals surface area contributed by atoms with Gasteiger partial charge in [0.15, 0.2) is 0 Å². The molecule has 0 unspecified atom stereocenters. The van der Waals surface area contributed by atoms with Crippen molar-refractivity contribution >= 4 is 5.97 Å². The SMILES string of the molecule is C=C(C)C(=O)OC.[Y]. The van der Waals surface area contributed by atoms with E-state index >= 15 is 0 Å². The van der Waals surface area contributed by atoms with Gasteiger partial charge in [-0.15, -0.1) is 0 Å². The molecule has 0 aromatic carbocycles. The smallest absolute Gasteiger partial charge is 0.332 e. The molecule has 0 saturated carbocycles. The summed E-state index contributed by atoms with van der Waals surface area (Å²) in [5.41, 5.74) is 0.433. The summed E-state index contributed by atoms with van der Waals surface area (Å²) in [6.07, 6.45) is 0. The molecule has 0 rings (SSSR count). The van der Waals surface area contributed by atoms with E-state index in [0.29, 0.717) is 5.57 Å². The minimum atomic E-state index is -0.347. The molecule has 0 aromatic rings. The molecule has 0 fully saturated rings. The third kappa shape index (κ3) is 4.47. The van der Waals surface area contributed by atoms with E-state index in [1.807, 2.05) is 0 Å². The fourth-order valence-corrected chi connectivity index (χ4v) is 0.174. The standard InChI is InChI=1S/C5H8O2.Y/c1-4(2)5(6)7-3;/h1H2,2-3H3;. The molecule has 0 amide bonds. The average molecular weight is 189 g/mol. The van der Waals surface area contributed by atoms with Gasteiger partial charge in [-0.1, -0.05) is 6.58 Å². The Labute approximate surface area is 74.2 Å². The Hall–Kier alpha value is 0.314. The van der Waals surface area contributed by atoms with Crippen molar-refractivity contribution in [1.29, 1.82) is 0 Å². The topological polar surface area (TPSA) is 26.3 Å². The van der Waals surface area contributed by atoms with Crippen molar-refractivity contribution in [3.05, 3.63) is 12.2 Å². The predicted molar refractivity (Wildman–Crippen MR) is 26.8 cm³/mol. The summed E-state index contributed by atoms with van der Waals surface area (Å²) in [5.74, 6) is -0.347. The molecule has 0 heterocycles. The molecule has 2 nitrogen and oxygen atoms in total. The van der Waals surface area contributed by atoms with Crippen LogP contribution in [0.2, 0.25) is 0 Å². The molecule has 0 saturated heterocycles. The van der Waals surface area contributed by atoms with Gasteiger partial charge in [-0.3, -0.25) is 0 Å². The van der Waals surface area contributed by atoms with Gasteiger partial charge in [0, 0.05) is 38.3 Å². The van der Waals surface area contributed by atoms with Crippen LogP contribution in [0.25, 0.3) is 0 Å². The van der Waals surface area contributed by atoms with Gasteiger partial charge in [0.2, 0.25) is 0 Å². The second kappa shape index (κ2) is 5.45. The third-order valence-electron chi connectivity index (χ3n) is 0.534. The normalized spacial score (nSPS) is 6.75. The number of carbonyl (C=O) groups excluding carboxylic acids is 1. The first-order chi connectivity index (χ1) is 3.18. The number of rotatable bonds is 1. The van der Waals surface area contributed by atoms with Crippen molar-refractivity contribution in [3.63, 3.8) is 0 Å². The van der Waals surface area contributed by atoms with Gasteiger partial charge in [0.1, 0.15) is 0 Å². The van der Waals surface area contributed by atoms with Crippen LogP contribution in [-0.4, -0.2) is 13.1 Å². The van der Waals surface area contributed by atoms with Gasteiger partial charge in [0.25, 0.3) is 0 Å². The molecule has 0 aliphatic heterocycles. The van der Waals surface area contributed by atoms with Crippen LogP contribution >= 0.6 is 0 Å². The number of carbonyl (C=O) groups is 1. The Bertz CT molecular complexity index is 98.6. The Morgan fingerprint density at radius 2 is 2.00 bits per heavy atom. The molecule has 1 radical (unpaired) electrons. The molecule has 0 aliphatic carbocycles. The van der Waals surface area contributed by atoms with Crippen LogP contribution in [0.1, 0.15) is 6.92 Å². The van der Waals surface area contributed by atoms with Crippen molar-refractivity contribution in [2.45, 2.75) is 6.92 Å². The summed E-state index contributed by atoms with van der Waals surface area (Å²) in [7, 11) is 1.33. The van der Waals surface area contributed by atoms with Gasteiger partial charge < -0.3 is 4.74 Å². The predicted octanol–water partition coefficient (Wildman–Crippen LogP) is 0.733. The summed E-state index contributed by atoms with van der Waals surface area (Å²) in [6.45, 7) is 4.95. The minimum Gasteiger partial charge on any atom is -0.466 e. The number of hydrogen-bond donors (Lipinski definition) is 0. The maximum Gasteiger partial charge on any atom is 0.332 e. The fourth-order valence-electron chi connectivity index (χ4n) is 0.174. The molecule has 0 atom stereocenters. The maximum atomic E-state index is 10.2. The quantitative estimate of drug-likeness (QED) is 0.449. The van der Waals surface area contributed by atoms with E-state index in [0.717, 1.165) is 0 Å². The average Bonchev–Trinajstić information content (AvgIpc) is 1.65. The van der Waals surface area contributed by atoms with E-state index in [1.165, 1.54) is 7.11 Å². The van der Waals surface area contributed by atoms with Crippen LogP contribution in [-0.2, 0) is 42.2 Å². The van der Waals surface area contributed by atoms with Gasteiger partial charge in [-0.25, -0.2) is 4.79 Å². The summed E-state index contributed by atoms with van der Waals surface area (Å²) in [5, 5.41) is 0. The zero-order chi connectivity index (χ0) is 5.86. The minimum absolute atomic E-state index is 0. The first-order valence-electron chi connectivity index (χ1n) is 1.92. The van der Waals surface area contributed by atoms with Crippen LogP contribution in [0.15, 0.2) is 12.2 Å². The van der Waals surface area contributed by atoms with Crippen LogP contribution in [0, 0.1) is 0 Å². The van der Waals surface area contributed by atoms with Gasteiger partial charge >= 0.3 is 5.97 Å². The van der Waals surface area contributed by atoms with E-state index < -0.39 is 0 Å². The number of hydrogen-bond acceptors (Lipinski definition) is 2. The molecule has 0 aliphatic rings. The zero-order valence-electron chi connectivity index (χ0n) is 5.10. The first-order valence-corrected chi connectivity index (χ1v) is 1.92. The maximum absolute atomic E-state index is 10.2. The molecule has 43 valence electrons. The second-order valence-electron chi connectivity index (χ2n) is 1.27. The largest absolute Gasteiger partial charge is 0.466 e. The molecule has 0 N–H and O–H groups in total. The molecular weight excluding hydrogens is 181 g/mol. The number of ether oxygens (including phenoxy) is 1. The van der Waals surface area contributed by atoms with Gasteiger partial charge in [-0.05, 0) is 6.92 Å². The first kappa shape index (κ1) is 11.2. The van der Waals surface area contributed by atoms with Crippen molar-refractivity contribution in [2.75, 3.05) is 7.11 Å². The zero-order valence-corrected chi connectivity index (χ0v) is 7.94. The van der Waals surface area contributed by atoms with Crippen molar-refractivity contribution in [1.82, 2.24) is 0 Å². The molecule has 0 spiro atoms. The Morgan fingerprint density at radius 3 is 2.00 bits per heavy atom. The van der Waals surface area contributed by atoms with Gasteiger partial charge in [0.05, 0.1) is 7.11 Å². The second-order valence-corrected chi connectivity index (χ2v) is 1.27. The van der Waals surface area contributed by atoms with Crippen LogP contribution in [0.5, 0.6) is 0 Å². The third-order valence-corrected chi connectivity index (χ3v) is 0.534. The molecule has 0 aromatic heterocycles. The van der Waals surface area contributed by atoms with Gasteiger partial charge in [-0.2, -0.15) is 0 Å². The molecular formula is C5H8O2Y. The summed E-state index contributed by atoms with van der Waals surface area (Å²) >= 11 is 0. The monoisotopic (exact) mass is 189 g/mol. The number of esters is 1. The van der Waals surface area contributed by atoms with Crippen molar-refractivity contribution < 1.29 is 42.2 Å². The van der Waals surface area contributed by atoms with Crippen LogP contribution in [0.4, 0.5) is 0 Å². The van der Waals surface area contributed by atoms with E-state index in [4.69, 9.17) is 0 Å². The summed E-state index contributed by atoms with van der Waals surface area (Å²) < 4.78 is 4.27. The van der Waals surface area contributed by atoms with E-state index in [-0.39, 0.29) is 38.7 Å². The van der Waals surface area contributed by atoms with Crippen molar-refractivity contribution in [3.8, 4) is 0 Å². The fraction of sp³-hybridized carbons (Fsp3) is 0.400. The molecule has 3 heteroatoms. The van der Waals surface area contributed by atoms with E-state index in [9.17, 15) is 4.79 Å². The Morgan fingerprint density at radius 1 is 1.62 bits per heavy atom. The Balaban J connectivity index is 0. The van der Waals surface area contributed by atoms with E-state index in [1.54, 1.807) is 6.92 Å². The van der Waals surface area contributed by atoms with Crippen LogP contribution < -0.4 is 0 Å². The summed E-state index contributed by atoms with van der Waals surface area (Å²) in [4.78, 5) is 10.2. The van der Waals surface area contributed by atoms with Crippen LogP contribution in [0.3, 0.4) is 0 Å². The Kier molecular flexibility index (Phi) is 7.60. The van der Waals surface area contributed by atoms with E-state index in [2.05, 4.69) is 11.3 Å². The molecule has 8 heavy (non-hydrogen) atoms. The molecule has 0 bridgehead atoms. The number of methoxy groups -OCH3 is 1. The summed E-state index contributed by atoms with van der Waals surface area (Å²) in [6, 6.07) is 0. The van der Waals surface area contributed by atoms with Crippen molar-refractivity contribution in [2.24, 2.45) is 0 Å².